The molecule has 3 heterocycles. The summed E-state index contributed by atoms with van der Waals surface area (Å²) in [5, 5.41) is 9.18. The summed E-state index contributed by atoms with van der Waals surface area (Å²) in [6.07, 6.45) is 2.63. The van der Waals surface area contributed by atoms with Gasteiger partial charge in [-0.15, -0.1) is 0 Å². The van der Waals surface area contributed by atoms with Crippen molar-refractivity contribution in [1.82, 2.24) is 24.6 Å². The van der Waals surface area contributed by atoms with Gasteiger partial charge >= 0.3 is 6.03 Å². The van der Waals surface area contributed by atoms with Crippen molar-refractivity contribution in [3.8, 4) is 5.69 Å². The number of para-hydroxylation sites is 2. The first-order chi connectivity index (χ1) is 19.8. The van der Waals surface area contributed by atoms with Crippen LogP contribution in [-0.2, 0) is 6.42 Å². The third-order valence-corrected chi connectivity index (χ3v) is 7.89. The Morgan fingerprint density at radius 1 is 0.902 bits per heavy atom. The Bertz CT molecular complexity index is 1480. The van der Waals surface area contributed by atoms with Crippen molar-refractivity contribution in [3.05, 3.63) is 71.2 Å². The summed E-state index contributed by atoms with van der Waals surface area (Å²) in [5.41, 5.74) is 6.06. The molecule has 1 aliphatic heterocycles. The minimum atomic E-state index is -0.0329. The Kier molecular flexibility index (Phi) is 8.57. The summed E-state index contributed by atoms with van der Waals surface area (Å²) in [4.78, 5) is 27.9. The predicted molar refractivity (Wildman–Crippen MR) is 167 cm³/mol. The third-order valence-electron chi connectivity index (χ3n) is 7.89. The predicted octanol–water partition coefficient (Wildman–Crippen LogP) is 7.07. The fraction of sp³-hybridized carbons (Fsp3) is 0.455. The number of rotatable bonds is 7. The number of hydrogen-bond donors (Lipinski definition) is 1. The van der Waals surface area contributed by atoms with E-state index in [1.165, 1.54) is 11.1 Å². The second kappa shape index (κ2) is 12.3. The zero-order valence-electron chi connectivity index (χ0n) is 25.3. The van der Waals surface area contributed by atoms with Gasteiger partial charge in [0.2, 0.25) is 0 Å². The lowest BCUT2D eigenvalue weighted by Crippen LogP contribution is -2.38. The summed E-state index contributed by atoms with van der Waals surface area (Å²) in [6.45, 7) is 15.7. The fourth-order valence-electron chi connectivity index (χ4n) is 5.73. The molecular weight excluding hydrogens is 510 g/mol. The molecule has 0 spiro atoms. The smallest absolute Gasteiger partial charge is 0.321 e. The number of carbonyl (C=O) groups excluding carboxylic acids is 1. The molecule has 0 unspecified atom stereocenters. The highest BCUT2D eigenvalue weighted by atomic mass is 16.2. The highest BCUT2D eigenvalue weighted by Gasteiger charge is 2.26. The zero-order valence-corrected chi connectivity index (χ0v) is 25.3. The number of nitrogens with zero attached hydrogens (tertiary/aromatic N) is 6. The summed E-state index contributed by atoms with van der Waals surface area (Å²) in [7, 11) is 0. The van der Waals surface area contributed by atoms with Crippen LogP contribution in [0, 0.1) is 6.92 Å². The molecule has 8 heteroatoms. The van der Waals surface area contributed by atoms with E-state index in [-0.39, 0.29) is 6.03 Å². The van der Waals surface area contributed by atoms with Crippen LogP contribution < -0.4 is 10.2 Å². The van der Waals surface area contributed by atoms with E-state index in [0.29, 0.717) is 31.5 Å². The van der Waals surface area contributed by atoms with Crippen LogP contribution in [0.3, 0.4) is 0 Å². The Hall–Kier alpha value is -3.94. The van der Waals surface area contributed by atoms with Gasteiger partial charge in [0.05, 0.1) is 16.8 Å². The van der Waals surface area contributed by atoms with Crippen LogP contribution in [0.1, 0.15) is 81.9 Å². The van der Waals surface area contributed by atoms with E-state index in [1.807, 2.05) is 34.7 Å². The Labute approximate surface area is 243 Å². The quantitative estimate of drug-likeness (QED) is 0.265. The minimum Gasteiger partial charge on any atom is -0.354 e. The molecule has 0 radical (unpaired) electrons. The molecule has 1 N–H and O–H groups in total. The second-order valence-corrected chi connectivity index (χ2v) is 11.6. The molecule has 0 saturated carbocycles. The van der Waals surface area contributed by atoms with Crippen molar-refractivity contribution in [2.75, 3.05) is 36.4 Å². The molecule has 2 aromatic heterocycles. The molecule has 1 aliphatic rings. The molecular formula is C33H43N7O. The van der Waals surface area contributed by atoms with Crippen molar-refractivity contribution >= 4 is 28.6 Å². The van der Waals surface area contributed by atoms with Crippen molar-refractivity contribution in [3.63, 3.8) is 0 Å². The first-order valence-corrected chi connectivity index (χ1v) is 15.0. The molecule has 2 amide bonds. The van der Waals surface area contributed by atoms with Crippen molar-refractivity contribution in [2.45, 2.75) is 72.6 Å². The Morgan fingerprint density at radius 2 is 1.61 bits per heavy atom. The minimum absolute atomic E-state index is 0.0329. The van der Waals surface area contributed by atoms with E-state index in [4.69, 9.17) is 15.1 Å². The molecule has 5 rings (SSSR count). The van der Waals surface area contributed by atoms with Gasteiger partial charge in [-0.05, 0) is 54.9 Å². The van der Waals surface area contributed by atoms with E-state index in [1.54, 1.807) is 0 Å². The maximum Gasteiger partial charge on any atom is 0.321 e. The Balaban J connectivity index is 1.43. The van der Waals surface area contributed by atoms with E-state index >= 15 is 0 Å². The number of fused-ring (bicyclic) bond motifs is 1. The van der Waals surface area contributed by atoms with Crippen LogP contribution in [0.15, 0.2) is 48.5 Å². The van der Waals surface area contributed by atoms with Crippen LogP contribution in [0.4, 0.5) is 16.3 Å². The number of carbonyl (C=O) groups is 1. The lowest BCUT2D eigenvalue weighted by Gasteiger charge is -2.26. The highest BCUT2D eigenvalue weighted by molar-refractivity contribution is 5.92. The van der Waals surface area contributed by atoms with E-state index < -0.39 is 0 Å². The SMILES string of the molecule is CCCc1nc(N2CCCN(C(=O)Nc3c(C(C)C)cccc3C(C)C)CC2)c2c(C)nn(-c3ccccc3)c2n1. The molecule has 4 aromatic rings. The molecule has 0 bridgehead atoms. The zero-order chi connectivity index (χ0) is 29.1. The van der Waals surface area contributed by atoms with Gasteiger partial charge in [-0.3, -0.25) is 0 Å². The van der Waals surface area contributed by atoms with Gasteiger partial charge < -0.3 is 15.1 Å². The largest absolute Gasteiger partial charge is 0.354 e. The van der Waals surface area contributed by atoms with Crippen LogP contribution in [-0.4, -0.2) is 56.9 Å². The van der Waals surface area contributed by atoms with Crippen LogP contribution in [0.5, 0.6) is 0 Å². The van der Waals surface area contributed by atoms with Crippen LogP contribution in [0.2, 0.25) is 0 Å². The maximum atomic E-state index is 13.6. The summed E-state index contributed by atoms with van der Waals surface area (Å²) in [6, 6.07) is 16.5. The van der Waals surface area contributed by atoms with E-state index in [9.17, 15) is 4.79 Å². The maximum absolute atomic E-state index is 13.6. The van der Waals surface area contributed by atoms with Gasteiger partial charge in [0.15, 0.2) is 5.65 Å². The van der Waals surface area contributed by atoms with Crippen molar-refractivity contribution < 1.29 is 4.79 Å². The standard InChI is InChI=1S/C33H43N7O/c1-7-13-28-34-31(29-24(6)37-40(32(29)35-28)25-14-9-8-10-15-25)38-18-12-19-39(21-20-38)33(41)36-30-26(22(2)3)16-11-17-27(30)23(4)5/h8-11,14-17,22-23H,7,12-13,18-21H2,1-6H3,(H,36,41). The number of nitrogens with one attached hydrogen (secondary N) is 1. The highest BCUT2D eigenvalue weighted by Crippen LogP contribution is 2.33. The number of anilines is 2. The van der Waals surface area contributed by atoms with Gasteiger partial charge in [0.25, 0.3) is 0 Å². The molecule has 216 valence electrons. The summed E-state index contributed by atoms with van der Waals surface area (Å²) >= 11 is 0. The topological polar surface area (TPSA) is 79.2 Å². The number of aryl methyl sites for hydroxylation is 2. The van der Waals surface area contributed by atoms with Crippen LogP contribution >= 0.6 is 0 Å². The fourth-order valence-corrected chi connectivity index (χ4v) is 5.73. The number of urea groups is 1. The van der Waals surface area contributed by atoms with Gasteiger partial charge in [-0.1, -0.05) is 71.0 Å². The second-order valence-electron chi connectivity index (χ2n) is 11.6. The van der Waals surface area contributed by atoms with Gasteiger partial charge in [0.1, 0.15) is 11.6 Å². The van der Waals surface area contributed by atoms with Crippen LogP contribution in [0.25, 0.3) is 16.7 Å². The molecule has 0 atom stereocenters. The number of aromatic nitrogens is 4. The molecule has 8 nitrogen and oxygen atoms in total. The first-order valence-electron chi connectivity index (χ1n) is 15.0. The number of amides is 2. The molecule has 1 saturated heterocycles. The van der Waals surface area contributed by atoms with Gasteiger partial charge in [-0.2, -0.15) is 5.10 Å². The molecule has 41 heavy (non-hydrogen) atoms. The third kappa shape index (κ3) is 5.92. The summed E-state index contributed by atoms with van der Waals surface area (Å²) in [5.74, 6) is 2.40. The lowest BCUT2D eigenvalue weighted by atomic mass is 9.93. The number of benzene rings is 2. The van der Waals surface area contributed by atoms with Gasteiger partial charge in [0, 0.05) is 38.3 Å². The average Bonchev–Trinajstić information content (AvgIpc) is 3.12. The van der Waals surface area contributed by atoms with Crippen molar-refractivity contribution in [2.24, 2.45) is 0 Å². The lowest BCUT2D eigenvalue weighted by molar-refractivity contribution is 0.215. The Morgan fingerprint density at radius 3 is 2.27 bits per heavy atom. The molecule has 1 fully saturated rings. The first kappa shape index (κ1) is 28.6. The molecule has 0 aliphatic carbocycles. The average molecular weight is 554 g/mol. The number of hydrogen-bond acceptors (Lipinski definition) is 5. The monoisotopic (exact) mass is 553 g/mol. The van der Waals surface area contributed by atoms with E-state index in [0.717, 1.165) is 65.6 Å². The van der Waals surface area contributed by atoms with Crippen molar-refractivity contribution in [1.29, 1.82) is 0 Å². The molecule has 2 aromatic carbocycles. The van der Waals surface area contributed by atoms with Gasteiger partial charge in [-0.25, -0.2) is 19.4 Å². The normalized spacial score (nSPS) is 14.2. The van der Waals surface area contributed by atoms with E-state index in [2.05, 4.69) is 75.2 Å². The summed E-state index contributed by atoms with van der Waals surface area (Å²) < 4.78 is 1.94.